The van der Waals surface area contributed by atoms with E-state index in [2.05, 4.69) is 56.4 Å². The lowest BCUT2D eigenvalue weighted by Gasteiger charge is -2.25. The number of nitrogens with one attached hydrogen (secondary N) is 2. The number of nitrogens with zero attached hydrogens (tertiary/aromatic N) is 5. The van der Waals surface area contributed by atoms with Gasteiger partial charge in [0.15, 0.2) is 0 Å². The summed E-state index contributed by atoms with van der Waals surface area (Å²) in [5.74, 6) is 0.406. The average molecular weight is 514 g/mol. The summed E-state index contributed by atoms with van der Waals surface area (Å²) in [6.45, 7) is 4.39. The highest BCUT2D eigenvalue weighted by Crippen LogP contribution is 2.35. The molecular formula is C29H35N7O2. The van der Waals surface area contributed by atoms with Gasteiger partial charge in [0, 0.05) is 74.4 Å². The standard InChI is InChI=1S/C29H35N7O2/c1-19(37)30-25-16-20(10-11-27(25)35(4)14-13-34(2)3)31-29-32-24-12-15-38-18-23(24)28(33-29)22-17-36(5)26-9-7-6-8-21(22)26/h6-11,16-17H,12-15,18H2,1-5H3,(H,30,37)(H,31,32,33). The molecule has 198 valence electrons. The summed E-state index contributed by atoms with van der Waals surface area (Å²) in [6.07, 6.45) is 2.86. The van der Waals surface area contributed by atoms with Crippen molar-refractivity contribution < 1.29 is 9.53 Å². The van der Waals surface area contributed by atoms with E-state index in [1.807, 2.05) is 45.4 Å². The van der Waals surface area contributed by atoms with E-state index in [0.717, 1.165) is 70.0 Å². The Labute approximate surface area is 223 Å². The zero-order valence-electron chi connectivity index (χ0n) is 22.7. The zero-order chi connectivity index (χ0) is 26.8. The fourth-order valence-electron chi connectivity index (χ4n) is 4.88. The van der Waals surface area contributed by atoms with Gasteiger partial charge in [-0.15, -0.1) is 0 Å². The highest BCUT2D eigenvalue weighted by atomic mass is 16.5. The first-order valence-electron chi connectivity index (χ1n) is 12.9. The highest BCUT2D eigenvalue weighted by molar-refractivity contribution is 5.96. The normalized spacial score (nSPS) is 13.0. The molecule has 2 aromatic carbocycles. The van der Waals surface area contributed by atoms with E-state index < -0.39 is 0 Å². The summed E-state index contributed by atoms with van der Waals surface area (Å²) in [5, 5.41) is 7.53. The van der Waals surface area contributed by atoms with Gasteiger partial charge in [-0.25, -0.2) is 9.97 Å². The van der Waals surface area contributed by atoms with Gasteiger partial charge in [-0.2, -0.15) is 0 Å². The second kappa shape index (κ2) is 10.8. The lowest BCUT2D eigenvalue weighted by molar-refractivity contribution is -0.114. The van der Waals surface area contributed by atoms with E-state index in [0.29, 0.717) is 19.2 Å². The quantitative estimate of drug-likeness (QED) is 0.361. The van der Waals surface area contributed by atoms with Gasteiger partial charge in [-0.1, -0.05) is 18.2 Å². The molecule has 0 saturated heterocycles. The first-order chi connectivity index (χ1) is 18.3. The van der Waals surface area contributed by atoms with Crippen LogP contribution in [-0.4, -0.2) is 66.2 Å². The Balaban J connectivity index is 1.52. The summed E-state index contributed by atoms with van der Waals surface area (Å²) in [6, 6.07) is 14.3. The molecule has 0 spiro atoms. The topological polar surface area (TPSA) is 87.5 Å². The molecule has 0 atom stereocenters. The van der Waals surface area contributed by atoms with Gasteiger partial charge in [0.2, 0.25) is 11.9 Å². The first kappa shape index (κ1) is 25.7. The van der Waals surface area contributed by atoms with Crippen LogP contribution in [0.3, 0.4) is 0 Å². The van der Waals surface area contributed by atoms with Crippen LogP contribution in [0.1, 0.15) is 18.2 Å². The molecule has 1 aliphatic rings. The second-order valence-corrected chi connectivity index (χ2v) is 10.1. The van der Waals surface area contributed by atoms with Crippen molar-refractivity contribution in [3.8, 4) is 11.3 Å². The predicted molar refractivity (Wildman–Crippen MR) is 153 cm³/mol. The smallest absolute Gasteiger partial charge is 0.228 e. The van der Waals surface area contributed by atoms with Crippen LogP contribution in [0.15, 0.2) is 48.7 Å². The van der Waals surface area contributed by atoms with Crippen molar-refractivity contribution in [3.05, 3.63) is 59.9 Å². The van der Waals surface area contributed by atoms with E-state index in [4.69, 9.17) is 14.7 Å². The molecule has 9 heteroatoms. The van der Waals surface area contributed by atoms with Crippen molar-refractivity contribution in [1.29, 1.82) is 0 Å². The summed E-state index contributed by atoms with van der Waals surface area (Å²) >= 11 is 0. The molecule has 3 heterocycles. The number of ether oxygens (including phenoxy) is 1. The predicted octanol–water partition coefficient (Wildman–Crippen LogP) is 4.41. The van der Waals surface area contributed by atoms with Crippen molar-refractivity contribution in [2.75, 3.05) is 56.4 Å². The number of anilines is 4. The number of amides is 1. The molecule has 0 fully saturated rings. The third-order valence-corrected chi connectivity index (χ3v) is 6.83. The third-order valence-electron chi connectivity index (χ3n) is 6.83. The van der Waals surface area contributed by atoms with Gasteiger partial charge in [-0.05, 0) is 38.4 Å². The fourth-order valence-corrected chi connectivity index (χ4v) is 4.88. The minimum Gasteiger partial charge on any atom is -0.376 e. The number of carbonyl (C=O) groups is 1. The van der Waals surface area contributed by atoms with E-state index in [-0.39, 0.29) is 5.91 Å². The van der Waals surface area contributed by atoms with Gasteiger partial charge in [0.1, 0.15) is 0 Å². The minimum absolute atomic E-state index is 0.118. The van der Waals surface area contributed by atoms with Crippen molar-refractivity contribution >= 4 is 39.8 Å². The number of benzene rings is 2. The number of fused-ring (bicyclic) bond motifs is 2. The fraction of sp³-hybridized carbons (Fsp3) is 0.345. The maximum atomic E-state index is 12.0. The highest BCUT2D eigenvalue weighted by Gasteiger charge is 2.22. The van der Waals surface area contributed by atoms with Crippen LogP contribution >= 0.6 is 0 Å². The van der Waals surface area contributed by atoms with Gasteiger partial charge in [-0.3, -0.25) is 4.79 Å². The van der Waals surface area contributed by atoms with E-state index >= 15 is 0 Å². The maximum Gasteiger partial charge on any atom is 0.228 e. The molecule has 2 N–H and O–H groups in total. The summed E-state index contributed by atoms with van der Waals surface area (Å²) in [4.78, 5) is 26.1. The van der Waals surface area contributed by atoms with Crippen LogP contribution in [0.5, 0.6) is 0 Å². The van der Waals surface area contributed by atoms with E-state index in [1.165, 1.54) is 6.92 Å². The van der Waals surface area contributed by atoms with Crippen LogP contribution in [0, 0.1) is 0 Å². The molecule has 0 bridgehead atoms. The molecule has 0 unspecified atom stereocenters. The molecule has 38 heavy (non-hydrogen) atoms. The number of likely N-dealkylation sites (N-methyl/N-ethyl adjacent to an activating group) is 2. The third kappa shape index (κ3) is 5.34. The molecule has 1 amide bonds. The Kier molecular flexibility index (Phi) is 7.31. The van der Waals surface area contributed by atoms with Crippen molar-refractivity contribution in [2.45, 2.75) is 20.0 Å². The SMILES string of the molecule is CC(=O)Nc1cc(Nc2nc3c(c(-c4cn(C)c5ccccc45)n2)COCC3)ccc1N(C)CCN(C)C. The monoisotopic (exact) mass is 513 g/mol. The molecule has 9 nitrogen and oxygen atoms in total. The van der Waals surface area contributed by atoms with Crippen molar-refractivity contribution in [1.82, 2.24) is 19.4 Å². The molecular weight excluding hydrogens is 478 g/mol. The van der Waals surface area contributed by atoms with Gasteiger partial charge < -0.3 is 29.7 Å². The lowest BCUT2D eigenvalue weighted by Crippen LogP contribution is -2.29. The zero-order valence-corrected chi connectivity index (χ0v) is 22.7. The average Bonchev–Trinajstić information content (AvgIpc) is 3.23. The summed E-state index contributed by atoms with van der Waals surface area (Å²) < 4.78 is 7.93. The molecule has 5 rings (SSSR count). The first-order valence-corrected chi connectivity index (χ1v) is 12.9. The van der Waals surface area contributed by atoms with Crippen molar-refractivity contribution in [2.24, 2.45) is 7.05 Å². The maximum absolute atomic E-state index is 12.0. The van der Waals surface area contributed by atoms with E-state index in [9.17, 15) is 4.79 Å². The Bertz CT molecular complexity index is 1480. The minimum atomic E-state index is -0.118. The molecule has 4 aromatic rings. The van der Waals surface area contributed by atoms with Gasteiger partial charge in [0.25, 0.3) is 0 Å². The van der Waals surface area contributed by atoms with Crippen LogP contribution in [0.2, 0.25) is 0 Å². The molecule has 0 aliphatic carbocycles. The number of carbonyl (C=O) groups excluding carboxylic acids is 1. The summed E-state index contributed by atoms with van der Waals surface area (Å²) in [7, 11) is 8.18. The lowest BCUT2D eigenvalue weighted by atomic mass is 10.0. The number of aryl methyl sites for hydroxylation is 1. The largest absolute Gasteiger partial charge is 0.376 e. The van der Waals surface area contributed by atoms with Crippen molar-refractivity contribution in [3.63, 3.8) is 0 Å². The number of para-hydroxylation sites is 1. The summed E-state index contributed by atoms with van der Waals surface area (Å²) in [5.41, 5.74) is 7.62. The van der Waals surface area contributed by atoms with Crippen LogP contribution in [-0.2, 0) is 29.6 Å². The van der Waals surface area contributed by atoms with Crippen LogP contribution < -0.4 is 15.5 Å². The number of hydrogen-bond acceptors (Lipinski definition) is 7. The van der Waals surface area contributed by atoms with Crippen LogP contribution in [0.4, 0.5) is 23.0 Å². The van der Waals surface area contributed by atoms with E-state index in [1.54, 1.807) is 0 Å². The Morgan fingerprint density at radius 1 is 1.11 bits per heavy atom. The van der Waals surface area contributed by atoms with Gasteiger partial charge in [0.05, 0.1) is 36.0 Å². The molecule has 0 saturated carbocycles. The van der Waals surface area contributed by atoms with Crippen LogP contribution in [0.25, 0.3) is 22.2 Å². The molecule has 2 aromatic heterocycles. The number of rotatable bonds is 8. The Hall–Kier alpha value is -3.95. The second-order valence-electron chi connectivity index (χ2n) is 10.1. The van der Waals surface area contributed by atoms with Gasteiger partial charge >= 0.3 is 0 Å². The Morgan fingerprint density at radius 2 is 1.92 bits per heavy atom. The Morgan fingerprint density at radius 3 is 2.71 bits per heavy atom. The molecule has 1 aliphatic heterocycles. The number of aromatic nitrogens is 3. The molecule has 0 radical (unpaired) electrons. The number of hydrogen-bond donors (Lipinski definition) is 2.